The van der Waals surface area contributed by atoms with E-state index in [1.807, 2.05) is 0 Å². The quantitative estimate of drug-likeness (QED) is 0.648. The average Bonchev–Trinajstić information content (AvgIpc) is 2.28. The summed E-state index contributed by atoms with van der Waals surface area (Å²) >= 11 is 0. The molecule has 3 N–H and O–H groups in total. The highest BCUT2D eigenvalue weighted by molar-refractivity contribution is 5.78. The van der Waals surface area contributed by atoms with Crippen molar-refractivity contribution in [2.75, 3.05) is 32.8 Å². The lowest BCUT2D eigenvalue weighted by Crippen LogP contribution is -2.55. The molecule has 1 saturated carbocycles. The van der Waals surface area contributed by atoms with Crippen LogP contribution in [0.25, 0.3) is 0 Å². The summed E-state index contributed by atoms with van der Waals surface area (Å²) in [6, 6.07) is -0.343. The molecule has 0 atom stereocenters. The van der Waals surface area contributed by atoms with Crippen LogP contribution >= 0.6 is 0 Å². The number of hydrogen-bond donors (Lipinski definition) is 3. The predicted octanol–water partition coefficient (Wildman–Crippen LogP) is -0.212. The molecule has 7 heteroatoms. The number of morpholine rings is 1. The van der Waals surface area contributed by atoms with Crippen molar-refractivity contribution in [1.82, 2.24) is 15.8 Å². The van der Waals surface area contributed by atoms with Crippen molar-refractivity contribution in [2.45, 2.75) is 19.3 Å². The average molecular weight is 257 g/mol. The van der Waals surface area contributed by atoms with E-state index in [1.54, 1.807) is 5.01 Å². The van der Waals surface area contributed by atoms with Gasteiger partial charge in [0.2, 0.25) is 0 Å². The Bertz CT molecular complexity index is 324. The largest absolute Gasteiger partial charge is 0.481 e. The summed E-state index contributed by atoms with van der Waals surface area (Å²) in [6.07, 6.45) is 2.19. The Morgan fingerprint density at radius 1 is 1.28 bits per heavy atom. The molecule has 0 unspecified atom stereocenters. The number of hydrazine groups is 1. The Kier molecular flexibility index (Phi) is 4.03. The summed E-state index contributed by atoms with van der Waals surface area (Å²) in [5.74, 6) is -0.819. The minimum Gasteiger partial charge on any atom is -0.481 e. The number of nitrogens with zero attached hydrogens (tertiary/aromatic N) is 1. The SMILES string of the molecule is O=C(NCC1(C(=O)O)CCC1)NN1CCOCC1. The van der Waals surface area contributed by atoms with Crippen molar-refractivity contribution < 1.29 is 19.4 Å². The maximum Gasteiger partial charge on any atom is 0.329 e. The Balaban J connectivity index is 1.72. The zero-order valence-corrected chi connectivity index (χ0v) is 10.3. The lowest BCUT2D eigenvalue weighted by atomic mass is 9.69. The summed E-state index contributed by atoms with van der Waals surface area (Å²) in [5.41, 5.74) is 1.94. The van der Waals surface area contributed by atoms with E-state index in [2.05, 4.69) is 10.7 Å². The van der Waals surface area contributed by atoms with Crippen LogP contribution in [-0.4, -0.2) is 55.0 Å². The van der Waals surface area contributed by atoms with Gasteiger partial charge >= 0.3 is 12.0 Å². The summed E-state index contributed by atoms with van der Waals surface area (Å²) in [6.45, 7) is 2.69. The van der Waals surface area contributed by atoms with Crippen LogP contribution < -0.4 is 10.7 Å². The number of ether oxygens (including phenoxy) is 1. The normalized spacial score (nSPS) is 22.9. The summed E-state index contributed by atoms with van der Waals surface area (Å²) in [7, 11) is 0. The van der Waals surface area contributed by atoms with Crippen LogP contribution in [0.4, 0.5) is 4.79 Å². The summed E-state index contributed by atoms with van der Waals surface area (Å²) < 4.78 is 5.16. The van der Waals surface area contributed by atoms with Crippen LogP contribution in [0.1, 0.15) is 19.3 Å². The van der Waals surface area contributed by atoms with E-state index in [1.165, 1.54) is 0 Å². The van der Waals surface area contributed by atoms with Crippen LogP contribution in [0, 0.1) is 5.41 Å². The fourth-order valence-electron chi connectivity index (χ4n) is 2.18. The number of amides is 2. The molecule has 2 rings (SSSR count). The fourth-order valence-corrected chi connectivity index (χ4v) is 2.18. The minimum absolute atomic E-state index is 0.193. The molecule has 1 aliphatic carbocycles. The highest BCUT2D eigenvalue weighted by Gasteiger charge is 2.44. The van der Waals surface area contributed by atoms with Crippen molar-refractivity contribution in [2.24, 2.45) is 5.41 Å². The zero-order chi connectivity index (χ0) is 13.0. The van der Waals surface area contributed by atoms with Crippen LogP contribution in [0.3, 0.4) is 0 Å². The minimum atomic E-state index is -0.819. The third-order valence-electron chi connectivity index (χ3n) is 3.62. The lowest BCUT2D eigenvalue weighted by molar-refractivity contribution is -0.153. The lowest BCUT2D eigenvalue weighted by Gasteiger charge is -2.37. The number of nitrogens with one attached hydrogen (secondary N) is 2. The molecule has 0 bridgehead atoms. The third kappa shape index (κ3) is 2.91. The molecule has 102 valence electrons. The standard InChI is InChI=1S/C11H19N3O4/c15-9(16)11(2-1-3-11)8-12-10(17)13-14-4-6-18-7-5-14/h1-8H2,(H,15,16)(H2,12,13,17). The van der Waals surface area contributed by atoms with Crippen LogP contribution in [0.15, 0.2) is 0 Å². The molecule has 1 saturated heterocycles. The first kappa shape index (κ1) is 13.1. The van der Waals surface area contributed by atoms with Crippen molar-refractivity contribution >= 4 is 12.0 Å². The number of urea groups is 1. The number of carbonyl (C=O) groups excluding carboxylic acids is 1. The van der Waals surface area contributed by atoms with Gasteiger partial charge in [0.25, 0.3) is 0 Å². The van der Waals surface area contributed by atoms with E-state index in [-0.39, 0.29) is 12.6 Å². The first-order valence-corrected chi connectivity index (χ1v) is 6.23. The van der Waals surface area contributed by atoms with Gasteiger partial charge < -0.3 is 15.2 Å². The molecular formula is C11H19N3O4. The molecular weight excluding hydrogens is 238 g/mol. The molecule has 1 aliphatic heterocycles. The maximum absolute atomic E-state index is 11.6. The zero-order valence-electron chi connectivity index (χ0n) is 10.3. The number of carboxylic acids is 1. The molecule has 18 heavy (non-hydrogen) atoms. The summed E-state index contributed by atoms with van der Waals surface area (Å²) in [5, 5.41) is 13.5. The first-order valence-electron chi connectivity index (χ1n) is 6.23. The van der Waals surface area contributed by atoms with Gasteiger partial charge in [-0.15, -0.1) is 0 Å². The molecule has 0 aromatic rings. The van der Waals surface area contributed by atoms with Crippen LogP contribution in [0.5, 0.6) is 0 Å². The van der Waals surface area contributed by atoms with E-state index in [4.69, 9.17) is 9.84 Å². The Labute approximate surface area is 105 Å². The molecule has 2 aliphatic rings. The van der Waals surface area contributed by atoms with Crippen molar-refractivity contribution in [3.8, 4) is 0 Å². The molecule has 7 nitrogen and oxygen atoms in total. The Morgan fingerprint density at radius 3 is 2.44 bits per heavy atom. The molecule has 0 aromatic heterocycles. The fraction of sp³-hybridized carbons (Fsp3) is 0.818. The van der Waals surface area contributed by atoms with Gasteiger partial charge in [-0.25, -0.2) is 9.80 Å². The monoisotopic (exact) mass is 257 g/mol. The number of rotatable bonds is 4. The molecule has 2 amide bonds. The third-order valence-corrected chi connectivity index (χ3v) is 3.62. The Morgan fingerprint density at radius 2 is 1.94 bits per heavy atom. The van der Waals surface area contributed by atoms with Gasteiger partial charge in [-0.2, -0.15) is 0 Å². The van der Waals surface area contributed by atoms with E-state index in [0.29, 0.717) is 39.1 Å². The molecule has 0 aromatic carbocycles. The molecule has 2 fully saturated rings. The highest BCUT2D eigenvalue weighted by atomic mass is 16.5. The maximum atomic E-state index is 11.6. The predicted molar refractivity (Wildman–Crippen MR) is 62.8 cm³/mol. The van der Waals surface area contributed by atoms with E-state index in [0.717, 1.165) is 6.42 Å². The highest BCUT2D eigenvalue weighted by Crippen LogP contribution is 2.40. The molecule has 1 heterocycles. The molecule has 0 spiro atoms. The van der Waals surface area contributed by atoms with Crippen molar-refractivity contribution in [3.05, 3.63) is 0 Å². The smallest absolute Gasteiger partial charge is 0.329 e. The van der Waals surface area contributed by atoms with E-state index in [9.17, 15) is 9.59 Å². The van der Waals surface area contributed by atoms with E-state index < -0.39 is 11.4 Å². The second-order valence-electron chi connectivity index (χ2n) is 4.83. The second-order valence-corrected chi connectivity index (χ2v) is 4.83. The summed E-state index contributed by atoms with van der Waals surface area (Å²) in [4.78, 5) is 22.7. The van der Waals surface area contributed by atoms with Gasteiger partial charge in [-0.3, -0.25) is 10.2 Å². The van der Waals surface area contributed by atoms with Crippen molar-refractivity contribution in [1.29, 1.82) is 0 Å². The van der Waals surface area contributed by atoms with Gasteiger partial charge in [0, 0.05) is 19.6 Å². The van der Waals surface area contributed by atoms with Gasteiger partial charge in [0.15, 0.2) is 0 Å². The van der Waals surface area contributed by atoms with Gasteiger partial charge in [0.05, 0.1) is 18.6 Å². The van der Waals surface area contributed by atoms with Gasteiger partial charge in [-0.1, -0.05) is 6.42 Å². The number of carboxylic acid groups (broad SMARTS) is 1. The van der Waals surface area contributed by atoms with E-state index >= 15 is 0 Å². The first-order chi connectivity index (χ1) is 8.62. The van der Waals surface area contributed by atoms with Gasteiger partial charge in [0.1, 0.15) is 0 Å². The number of carbonyl (C=O) groups is 2. The second kappa shape index (κ2) is 5.53. The van der Waals surface area contributed by atoms with Crippen LogP contribution in [-0.2, 0) is 9.53 Å². The van der Waals surface area contributed by atoms with Crippen LogP contribution in [0.2, 0.25) is 0 Å². The van der Waals surface area contributed by atoms with Crippen molar-refractivity contribution in [3.63, 3.8) is 0 Å². The molecule has 0 radical (unpaired) electrons. The topological polar surface area (TPSA) is 90.9 Å². The van der Waals surface area contributed by atoms with Gasteiger partial charge in [-0.05, 0) is 12.8 Å². The number of hydrogen-bond acceptors (Lipinski definition) is 4. The Hall–Kier alpha value is -1.34. The number of aliphatic carboxylic acids is 1.